The Morgan fingerprint density at radius 3 is 2.20 bits per heavy atom. The van der Waals surface area contributed by atoms with Gasteiger partial charge in [-0.2, -0.15) is 9.37 Å². The average Bonchev–Trinajstić information content (AvgIpc) is 3.40. The van der Waals surface area contributed by atoms with Crippen LogP contribution in [0.2, 0.25) is 0 Å². The maximum atomic E-state index is 5.67. The summed E-state index contributed by atoms with van der Waals surface area (Å²) in [5.41, 5.74) is 2.37. The van der Waals surface area contributed by atoms with Crippen molar-refractivity contribution in [3.63, 3.8) is 0 Å². The third-order valence-corrected chi connectivity index (χ3v) is 7.58. The lowest BCUT2D eigenvalue weighted by Gasteiger charge is -2.36. The van der Waals surface area contributed by atoms with E-state index in [0.717, 1.165) is 30.3 Å². The first-order valence-corrected chi connectivity index (χ1v) is 14.2. The van der Waals surface area contributed by atoms with E-state index in [1.165, 1.54) is 21.6 Å². The van der Waals surface area contributed by atoms with Crippen LogP contribution < -0.4 is 29.7 Å². The highest BCUT2D eigenvalue weighted by Gasteiger charge is 2.24. The van der Waals surface area contributed by atoms with Crippen LogP contribution >= 0.6 is 23.8 Å². The highest BCUT2D eigenvalue weighted by atomic mass is 32.1. The lowest BCUT2D eigenvalue weighted by atomic mass is 10.2. The summed E-state index contributed by atoms with van der Waals surface area (Å²) in [4.78, 5) is 18.3. The Bertz CT molecular complexity index is 1540. The lowest BCUT2D eigenvalue weighted by molar-refractivity contribution is 0.324. The van der Waals surface area contributed by atoms with Gasteiger partial charge in [0.25, 0.3) is 0 Å². The van der Waals surface area contributed by atoms with E-state index in [1.807, 2.05) is 26.0 Å². The number of benzene rings is 2. The van der Waals surface area contributed by atoms with Crippen LogP contribution in [0.15, 0.2) is 47.5 Å². The quantitative estimate of drug-likeness (QED) is 0.184. The summed E-state index contributed by atoms with van der Waals surface area (Å²) in [6.07, 6.45) is 0. The topological polar surface area (TPSA) is 109 Å². The summed E-state index contributed by atoms with van der Waals surface area (Å²) in [7, 11) is 4.70. The molecule has 1 saturated heterocycles. The number of rotatable bonds is 6. The molecule has 214 valence electrons. The number of thiocarbonyl (C=S) groups is 1. The number of ether oxygens (including phenoxy) is 3. The fraction of sp³-hybridized carbons (Fsp3) is 0.321. The van der Waals surface area contributed by atoms with E-state index in [1.54, 1.807) is 33.5 Å². The summed E-state index contributed by atoms with van der Waals surface area (Å²) in [6.45, 7) is 6.82. The zero-order valence-corrected chi connectivity index (χ0v) is 25.2. The van der Waals surface area contributed by atoms with Crippen LogP contribution in [0.25, 0.3) is 10.1 Å². The summed E-state index contributed by atoms with van der Waals surface area (Å²) in [6, 6.07) is 13.8. The van der Waals surface area contributed by atoms with Gasteiger partial charge in [-0.1, -0.05) is 12.1 Å². The minimum Gasteiger partial charge on any atom is -0.493 e. The van der Waals surface area contributed by atoms with Gasteiger partial charge in [-0.3, -0.25) is 5.32 Å². The minimum atomic E-state index is 0.249. The number of nitrogens with zero attached hydrogens (tertiary/aromatic N) is 6. The molecular formula is C28H32N8O3S2. The number of aliphatic imine (C=N–C) groups is 1. The zero-order chi connectivity index (χ0) is 28.9. The number of nitrogens with one attached hydrogen (secondary N) is 2. The molecule has 1 aliphatic rings. The molecule has 0 saturated carbocycles. The number of fused-ring (bicyclic) bond motifs is 1. The predicted octanol–water partition coefficient (Wildman–Crippen LogP) is 4.72. The molecule has 0 radical (unpaired) electrons. The largest absolute Gasteiger partial charge is 0.493 e. The average molecular weight is 593 g/mol. The first kappa shape index (κ1) is 28.3. The normalized spacial score (nSPS) is 13.7. The highest BCUT2D eigenvalue weighted by molar-refractivity contribution is 7.80. The first-order valence-electron chi connectivity index (χ1n) is 13.0. The predicted molar refractivity (Wildman–Crippen MR) is 168 cm³/mol. The molecule has 13 heteroatoms. The summed E-state index contributed by atoms with van der Waals surface area (Å²) in [5.74, 6) is 3.55. The molecule has 0 unspecified atom stereocenters. The SMILES string of the molecule is COc1cc(NC(=S)/N=C(/Nc2nc(C)cc(C)n2)N2CCN(c3nsc4ccccc34)CC2)cc(OC)c1OC. The van der Waals surface area contributed by atoms with E-state index >= 15 is 0 Å². The molecule has 1 aliphatic heterocycles. The van der Waals surface area contributed by atoms with Crippen molar-refractivity contribution in [3.8, 4) is 17.2 Å². The van der Waals surface area contributed by atoms with Crippen molar-refractivity contribution >= 4 is 62.4 Å². The van der Waals surface area contributed by atoms with Gasteiger partial charge >= 0.3 is 0 Å². The van der Waals surface area contributed by atoms with E-state index < -0.39 is 0 Å². The molecule has 4 aromatic rings. The van der Waals surface area contributed by atoms with Crippen molar-refractivity contribution in [2.75, 3.05) is 63.0 Å². The molecule has 0 aliphatic carbocycles. The molecule has 2 aromatic heterocycles. The van der Waals surface area contributed by atoms with E-state index in [4.69, 9.17) is 35.8 Å². The summed E-state index contributed by atoms with van der Waals surface area (Å²) < 4.78 is 22.3. The number of hydrogen-bond acceptors (Lipinski definition) is 9. The number of anilines is 3. The van der Waals surface area contributed by atoms with E-state index in [2.05, 4.69) is 48.6 Å². The van der Waals surface area contributed by atoms with Crippen molar-refractivity contribution in [2.24, 2.45) is 4.99 Å². The van der Waals surface area contributed by atoms with Gasteiger partial charge in [0.2, 0.25) is 22.8 Å². The fourth-order valence-corrected chi connectivity index (χ4v) is 5.69. The van der Waals surface area contributed by atoms with Gasteiger partial charge in [0.05, 0.1) is 26.0 Å². The van der Waals surface area contributed by atoms with E-state index in [9.17, 15) is 0 Å². The monoisotopic (exact) mass is 592 g/mol. The van der Waals surface area contributed by atoms with Gasteiger partial charge in [0.15, 0.2) is 11.5 Å². The molecule has 0 atom stereocenters. The summed E-state index contributed by atoms with van der Waals surface area (Å²) in [5, 5.41) is 7.92. The Morgan fingerprint density at radius 2 is 1.56 bits per heavy atom. The molecule has 1 fully saturated rings. The molecule has 0 spiro atoms. The minimum absolute atomic E-state index is 0.249. The molecule has 0 amide bonds. The summed E-state index contributed by atoms with van der Waals surface area (Å²) >= 11 is 7.20. The number of aromatic nitrogens is 3. The number of piperazine rings is 1. The van der Waals surface area contributed by atoms with Crippen molar-refractivity contribution < 1.29 is 14.2 Å². The van der Waals surface area contributed by atoms with E-state index in [0.29, 0.717) is 47.9 Å². The van der Waals surface area contributed by atoms with Crippen LogP contribution in [0.4, 0.5) is 17.5 Å². The molecule has 2 aromatic carbocycles. The number of hydrogen-bond donors (Lipinski definition) is 2. The molecule has 0 bridgehead atoms. The van der Waals surface area contributed by atoms with Crippen LogP contribution in [0.3, 0.4) is 0 Å². The van der Waals surface area contributed by atoms with Gasteiger partial charge in [0.1, 0.15) is 5.82 Å². The van der Waals surface area contributed by atoms with Crippen LogP contribution in [0, 0.1) is 13.8 Å². The first-order chi connectivity index (χ1) is 19.9. The third-order valence-electron chi connectivity index (χ3n) is 6.57. The lowest BCUT2D eigenvalue weighted by Crippen LogP contribution is -2.51. The number of methoxy groups -OCH3 is 3. The van der Waals surface area contributed by atoms with Crippen LogP contribution in [-0.4, -0.2) is 77.8 Å². The Labute approximate surface area is 248 Å². The second kappa shape index (κ2) is 12.5. The third kappa shape index (κ3) is 6.41. The second-order valence-electron chi connectivity index (χ2n) is 9.36. The maximum Gasteiger partial charge on any atom is 0.229 e. The molecule has 5 rings (SSSR count). The van der Waals surface area contributed by atoms with Crippen LogP contribution in [-0.2, 0) is 0 Å². The van der Waals surface area contributed by atoms with Gasteiger partial charge in [0, 0.05) is 60.8 Å². The van der Waals surface area contributed by atoms with Crippen molar-refractivity contribution in [2.45, 2.75) is 13.8 Å². The second-order valence-corrected chi connectivity index (χ2v) is 10.5. The Morgan fingerprint density at radius 1 is 0.902 bits per heavy atom. The zero-order valence-electron chi connectivity index (χ0n) is 23.6. The molecule has 11 nitrogen and oxygen atoms in total. The highest BCUT2D eigenvalue weighted by Crippen LogP contribution is 2.40. The smallest absolute Gasteiger partial charge is 0.229 e. The molecule has 41 heavy (non-hydrogen) atoms. The van der Waals surface area contributed by atoms with Crippen molar-refractivity contribution in [1.29, 1.82) is 0 Å². The number of guanidine groups is 1. The molecular weight excluding hydrogens is 560 g/mol. The van der Waals surface area contributed by atoms with Crippen molar-refractivity contribution in [1.82, 2.24) is 19.2 Å². The number of aryl methyl sites for hydroxylation is 2. The Balaban J connectivity index is 1.38. The van der Waals surface area contributed by atoms with Crippen LogP contribution in [0.1, 0.15) is 11.4 Å². The van der Waals surface area contributed by atoms with Gasteiger partial charge in [-0.15, -0.1) is 0 Å². The van der Waals surface area contributed by atoms with Crippen LogP contribution in [0.5, 0.6) is 17.2 Å². The van der Waals surface area contributed by atoms with Gasteiger partial charge in [-0.05, 0) is 55.8 Å². The Kier molecular flexibility index (Phi) is 8.64. The van der Waals surface area contributed by atoms with Gasteiger partial charge in [-0.25, -0.2) is 9.97 Å². The van der Waals surface area contributed by atoms with Gasteiger partial charge < -0.3 is 29.3 Å². The van der Waals surface area contributed by atoms with E-state index in [-0.39, 0.29) is 5.11 Å². The Hall–Kier alpha value is -4.23. The van der Waals surface area contributed by atoms with Crippen molar-refractivity contribution in [3.05, 3.63) is 53.9 Å². The maximum absolute atomic E-state index is 5.67. The molecule has 3 heterocycles. The fourth-order valence-electron chi connectivity index (χ4n) is 4.69. The standard InChI is InChI=1S/C28H32N8O3S2/c1-17-14-18(2)30-26(29-17)32-27(33-28(40)31-19-15-21(37-3)24(39-5)22(16-19)38-4)36-12-10-35(11-13-36)25-20-8-6-7-9-23(20)41-34-25/h6-9,14-16H,10-13H2,1-5H3,(H2,29,30,31,32,33,40). The molecule has 2 N–H and O–H groups in total.